The summed E-state index contributed by atoms with van der Waals surface area (Å²) in [7, 11) is 0. The molecule has 4 nitrogen and oxygen atoms in total. The lowest BCUT2D eigenvalue weighted by atomic mass is 9.96. The molecule has 2 heterocycles. The number of aryl methyl sites for hydroxylation is 1. The van der Waals surface area contributed by atoms with Gasteiger partial charge in [0.2, 0.25) is 0 Å². The van der Waals surface area contributed by atoms with Gasteiger partial charge in [-0.15, -0.1) is 0 Å². The lowest BCUT2D eigenvalue weighted by Crippen LogP contribution is -2.26. The van der Waals surface area contributed by atoms with Crippen molar-refractivity contribution in [1.29, 1.82) is 0 Å². The maximum Gasteiger partial charge on any atom is 0.337 e. The summed E-state index contributed by atoms with van der Waals surface area (Å²) in [5, 5.41) is 9.00. The number of carboxylic acids is 1. The van der Waals surface area contributed by atoms with Crippen molar-refractivity contribution in [1.82, 2.24) is 4.98 Å². The number of aromatic carboxylic acids is 1. The van der Waals surface area contributed by atoms with Crippen LogP contribution in [0.3, 0.4) is 0 Å². The average molecular weight is 276 g/mol. The van der Waals surface area contributed by atoms with E-state index in [1.807, 2.05) is 6.92 Å². The molecule has 0 spiro atoms. The third-order valence-corrected chi connectivity index (χ3v) is 4.14. The van der Waals surface area contributed by atoms with Crippen LogP contribution in [0.25, 0.3) is 0 Å². The number of pyridine rings is 1. The van der Waals surface area contributed by atoms with Crippen molar-refractivity contribution in [3.05, 3.63) is 23.4 Å². The van der Waals surface area contributed by atoms with E-state index in [4.69, 9.17) is 5.11 Å². The molecule has 1 aromatic rings. The van der Waals surface area contributed by atoms with Gasteiger partial charge in [0, 0.05) is 19.3 Å². The van der Waals surface area contributed by atoms with Crippen LogP contribution in [-0.2, 0) is 0 Å². The first-order chi connectivity index (χ1) is 9.61. The van der Waals surface area contributed by atoms with Gasteiger partial charge < -0.3 is 10.0 Å². The Hall–Kier alpha value is -1.58. The Kier molecular flexibility index (Phi) is 4.99. The Morgan fingerprint density at radius 2 is 2.25 bits per heavy atom. The maximum atomic E-state index is 11.0. The molecule has 1 atom stereocenters. The predicted molar refractivity (Wildman–Crippen MR) is 80.4 cm³/mol. The van der Waals surface area contributed by atoms with Crippen molar-refractivity contribution >= 4 is 11.8 Å². The minimum absolute atomic E-state index is 0.268. The Balaban J connectivity index is 2.09. The molecule has 110 valence electrons. The highest BCUT2D eigenvalue weighted by atomic mass is 16.4. The summed E-state index contributed by atoms with van der Waals surface area (Å²) in [6, 6.07) is 1.72. The smallest absolute Gasteiger partial charge is 0.337 e. The largest absolute Gasteiger partial charge is 0.478 e. The molecule has 1 aliphatic rings. The number of rotatable bonds is 4. The molecule has 20 heavy (non-hydrogen) atoms. The highest BCUT2D eigenvalue weighted by Gasteiger charge is 2.19. The molecule has 0 amide bonds. The Bertz CT molecular complexity index is 474. The first-order valence-corrected chi connectivity index (χ1v) is 7.56. The van der Waals surface area contributed by atoms with Crippen molar-refractivity contribution in [2.24, 2.45) is 5.92 Å². The summed E-state index contributed by atoms with van der Waals surface area (Å²) >= 11 is 0. The zero-order chi connectivity index (χ0) is 14.5. The standard InChI is InChI=1S/C16H24N2O2/c1-3-5-13-6-4-8-18(9-7-13)15-12(2)10-14(11-17-15)16(19)20/h10-11,13H,3-9H2,1-2H3,(H,19,20). The van der Waals surface area contributed by atoms with Gasteiger partial charge in [-0.05, 0) is 43.7 Å². The van der Waals surface area contributed by atoms with Crippen LogP contribution < -0.4 is 4.90 Å². The van der Waals surface area contributed by atoms with Gasteiger partial charge in [-0.25, -0.2) is 9.78 Å². The van der Waals surface area contributed by atoms with E-state index < -0.39 is 5.97 Å². The zero-order valence-electron chi connectivity index (χ0n) is 12.4. The first-order valence-electron chi connectivity index (χ1n) is 7.56. The second kappa shape index (κ2) is 6.73. The third kappa shape index (κ3) is 3.50. The summed E-state index contributed by atoms with van der Waals surface area (Å²) in [5.41, 5.74) is 1.23. The van der Waals surface area contributed by atoms with Crippen LogP contribution in [0.5, 0.6) is 0 Å². The van der Waals surface area contributed by atoms with E-state index in [1.165, 1.54) is 38.3 Å². The number of hydrogen-bond acceptors (Lipinski definition) is 3. The minimum Gasteiger partial charge on any atom is -0.478 e. The van der Waals surface area contributed by atoms with Gasteiger partial charge in [-0.2, -0.15) is 0 Å². The van der Waals surface area contributed by atoms with E-state index in [9.17, 15) is 4.79 Å². The molecule has 0 bridgehead atoms. The van der Waals surface area contributed by atoms with E-state index in [0.717, 1.165) is 30.4 Å². The van der Waals surface area contributed by atoms with Crippen LogP contribution in [0, 0.1) is 12.8 Å². The van der Waals surface area contributed by atoms with Gasteiger partial charge in [0.25, 0.3) is 0 Å². The number of anilines is 1. The van der Waals surface area contributed by atoms with Crippen LogP contribution in [0.2, 0.25) is 0 Å². The highest BCUT2D eigenvalue weighted by Crippen LogP contribution is 2.26. The van der Waals surface area contributed by atoms with Crippen molar-refractivity contribution in [2.45, 2.75) is 46.0 Å². The summed E-state index contributed by atoms with van der Waals surface area (Å²) < 4.78 is 0. The molecule has 0 aromatic carbocycles. The van der Waals surface area contributed by atoms with Crippen molar-refractivity contribution in [3.8, 4) is 0 Å². The third-order valence-electron chi connectivity index (χ3n) is 4.14. The van der Waals surface area contributed by atoms with E-state index in [2.05, 4.69) is 16.8 Å². The van der Waals surface area contributed by atoms with E-state index in [1.54, 1.807) is 6.07 Å². The Labute approximate surface area is 120 Å². The molecule has 1 unspecified atom stereocenters. The van der Waals surface area contributed by atoms with E-state index in [-0.39, 0.29) is 5.56 Å². The minimum atomic E-state index is -0.911. The fourth-order valence-electron chi connectivity index (χ4n) is 3.09. The SMILES string of the molecule is CCCC1CCCN(c2ncc(C(=O)O)cc2C)CC1. The maximum absolute atomic E-state index is 11.0. The summed E-state index contributed by atoms with van der Waals surface area (Å²) in [6.07, 6.45) is 7.77. The summed E-state index contributed by atoms with van der Waals surface area (Å²) in [5.74, 6) is 0.877. The first kappa shape index (κ1) is 14.8. The van der Waals surface area contributed by atoms with Crippen LogP contribution in [-0.4, -0.2) is 29.1 Å². The van der Waals surface area contributed by atoms with E-state index >= 15 is 0 Å². The summed E-state index contributed by atoms with van der Waals surface area (Å²) in [6.45, 7) is 6.26. The van der Waals surface area contributed by atoms with Gasteiger partial charge in [-0.3, -0.25) is 0 Å². The van der Waals surface area contributed by atoms with Crippen molar-refractivity contribution in [3.63, 3.8) is 0 Å². The topological polar surface area (TPSA) is 53.4 Å². The second-order valence-corrected chi connectivity index (χ2v) is 5.74. The quantitative estimate of drug-likeness (QED) is 0.914. The Morgan fingerprint density at radius 1 is 1.45 bits per heavy atom. The number of carbonyl (C=O) groups is 1. The van der Waals surface area contributed by atoms with Crippen LogP contribution in [0.15, 0.2) is 12.3 Å². The molecule has 1 aliphatic heterocycles. The van der Waals surface area contributed by atoms with Crippen LogP contribution in [0.4, 0.5) is 5.82 Å². The normalized spacial score (nSPS) is 19.7. The molecular weight excluding hydrogens is 252 g/mol. The van der Waals surface area contributed by atoms with E-state index in [0.29, 0.717) is 0 Å². The molecule has 1 aromatic heterocycles. The molecule has 1 saturated heterocycles. The molecule has 2 rings (SSSR count). The summed E-state index contributed by atoms with van der Waals surface area (Å²) in [4.78, 5) is 17.7. The fraction of sp³-hybridized carbons (Fsp3) is 0.625. The van der Waals surface area contributed by atoms with Crippen LogP contribution in [0.1, 0.15) is 54.9 Å². The average Bonchev–Trinajstić information content (AvgIpc) is 2.65. The van der Waals surface area contributed by atoms with Gasteiger partial charge in [0.05, 0.1) is 5.56 Å². The highest BCUT2D eigenvalue weighted by molar-refractivity contribution is 5.87. The number of nitrogens with zero attached hydrogens (tertiary/aromatic N) is 2. The Morgan fingerprint density at radius 3 is 2.90 bits per heavy atom. The lowest BCUT2D eigenvalue weighted by Gasteiger charge is -2.23. The van der Waals surface area contributed by atoms with Crippen molar-refractivity contribution < 1.29 is 9.90 Å². The monoisotopic (exact) mass is 276 g/mol. The fourth-order valence-corrected chi connectivity index (χ4v) is 3.09. The second-order valence-electron chi connectivity index (χ2n) is 5.74. The number of aromatic nitrogens is 1. The number of carboxylic acid groups (broad SMARTS) is 1. The van der Waals surface area contributed by atoms with Gasteiger partial charge >= 0.3 is 5.97 Å². The molecule has 4 heteroatoms. The molecular formula is C16H24N2O2. The van der Waals surface area contributed by atoms with Crippen molar-refractivity contribution in [2.75, 3.05) is 18.0 Å². The molecule has 1 N–H and O–H groups in total. The molecule has 0 radical (unpaired) electrons. The lowest BCUT2D eigenvalue weighted by molar-refractivity contribution is 0.0696. The number of hydrogen-bond donors (Lipinski definition) is 1. The van der Waals surface area contributed by atoms with Gasteiger partial charge in [-0.1, -0.05) is 19.8 Å². The zero-order valence-corrected chi connectivity index (χ0v) is 12.4. The molecule has 0 aliphatic carbocycles. The van der Waals surface area contributed by atoms with Gasteiger partial charge in [0.1, 0.15) is 5.82 Å². The van der Waals surface area contributed by atoms with Crippen LogP contribution >= 0.6 is 0 Å². The predicted octanol–water partition coefficient (Wildman–Crippen LogP) is 3.49. The molecule has 0 saturated carbocycles. The molecule has 1 fully saturated rings. The van der Waals surface area contributed by atoms with Gasteiger partial charge in [0.15, 0.2) is 0 Å².